The van der Waals surface area contributed by atoms with Gasteiger partial charge in [0.15, 0.2) is 0 Å². The molecule has 2 amide bonds. The zero-order valence-corrected chi connectivity index (χ0v) is 16.5. The third-order valence-electron chi connectivity index (χ3n) is 5.20. The van der Waals surface area contributed by atoms with Crippen molar-refractivity contribution in [1.82, 2.24) is 15.7 Å². The molecule has 1 fully saturated rings. The summed E-state index contributed by atoms with van der Waals surface area (Å²) in [4.78, 5) is 26.4. The molecule has 0 aromatic heterocycles. The van der Waals surface area contributed by atoms with E-state index < -0.39 is 24.0 Å². The Morgan fingerprint density at radius 3 is 2.07 bits per heavy atom. The minimum absolute atomic E-state index is 0.357. The van der Waals surface area contributed by atoms with Gasteiger partial charge >= 0.3 is 0 Å². The van der Waals surface area contributed by atoms with Crippen molar-refractivity contribution in [2.24, 2.45) is 0 Å². The van der Waals surface area contributed by atoms with E-state index in [1.54, 1.807) is 12.1 Å². The Labute approximate surface area is 170 Å². The highest BCUT2D eigenvalue weighted by Gasteiger charge is 2.25. The van der Waals surface area contributed by atoms with Crippen LogP contribution in [0.2, 0.25) is 0 Å². The molecular weight excluding hydrogens is 370 g/mol. The molecule has 0 spiro atoms. The summed E-state index contributed by atoms with van der Waals surface area (Å²) in [5.74, 6) is -1.38. The van der Waals surface area contributed by atoms with Gasteiger partial charge in [0, 0.05) is 12.1 Å². The second-order valence-electron chi connectivity index (χ2n) is 7.43. The number of carbonyl (C=O) groups excluding carboxylic acids is 2. The molecular formula is C22H27N3O4. The van der Waals surface area contributed by atoms with Crippen LogP contribution in [-0.2, 0) is 11.3 Å². The molecule has 0 bridgehead atoms. The molecule has 29 heavy (non-hydrogen) atoms. The molecule has 7 nitrogen and oxygen atoms in total. The number of carbonyl (C=O) groups is 2. The van der Waals surface area contributed by atoms with Gasteiger partial charge in [0.05, 0.1) is 6.10 Å². The summed E-state index contributed by atoms with van der Waals surface area (Å²) in [6.07, 6.45) is 1.41. The normalized spacial score (nSPS) is 16.2. The van der Waals surface area contributed by atoms with E-state index in [1.807, 2.05) is 12.1 Å². The number of rotatable bonds is 7. The van der Waals surface area contributed by atoms with Crippen LogP contribution in [-0.4, -0.2) is 52.3 Å². The molecule has 2 atom stereocenters. The Morgan fingerprint density at radius 2 is 1.55 bits per heavy atom. The third kappa shape index (κ3) is 5.41. The molecule has 1 heterocycles. The van der Waals surface area contributed by atoms with E-state index in [1.165, 1.54) is 43.9 Å². The highest BCUT2D eigenvalue weighted by molar-refractivity contribution is 5.97. The average molecular weight is 397 g/mol. The smallest absolute Gasteiger partial charge is 0.268 e. The number of hydrogen-bond donors (Lipinski definition) is 4. The fraction of sp³-hybridized carbons (Fsp3) is 0.364. The van der Waals surface area contributed by atoms with Gasteiger partial charge in [0.2, 0.25) is 0 Å². The predicted molar refractivity (Wildman–Crippen MR) is 109 cm³/mol. The van der Waals surface area contributed by atoms with Gasteiger partial charge in [0.1, 0.15) is 6.04 Å². The van der Waals surface area contributed by atoms with Gasteiger partial charge in [-0.15, -0.1) is 0 Å². The Morgan fingerprint density at radius 1 is 1.00 bits per heavy atom. The van der Waals surface area contributed by atoms with Crippen molar-refractivity contribution in [1.29, 1.82) is 0 Å². The zero-order valence-electron chi connectivity index (χ0n) is 16.5. The number of aliphatic hydroxyl groups excluding tert-OH is 1. The molecule has 4 N–H and O–H groups in total. The summed E-state index contributed by atoms with van der Waals surface area (Å²) in [7, 11) is 0. The first-order chi connectivity index (χ1) is 14.0. The van der Waals surface area contributed by atoms with Crippen LogP contribution in [0.15, 0.2) is 48.5 Å². The fourth-order valence-corrected chi connectivity index (χ4v) is 3.51. The second kappa shape index (κ2) is 9.65. The maximum Gasteiger partial charge on any atom is 0.268 e. The lowest BCUT2D eigenvalue weighted by molar-refractivity contribution is -0.133. The first-order valence-electron chi connectivity index (χ1n) is 9.82. The van der Waals surface area contributed by atoms with E-state index in [9.17, 15) is 14.7 Å². The summed E-state index contributed by atoms with van der Waals surface area (Å²) >= 11 is 0. The van der Waals surface area contributed by atoms with Crippen LogP contribution < -0.4 is 10.8 Å². The number of amides is 2. The zero-order chi connectivity index (χ0) is 20.8. The van der Waals surface area contributed by atoms with Gasteiger partial charge in [-0.05, 0) is 61.7 Å². The second-order valence-corrected chi connectivity index (χ2v) is 7.43. The van der Waals surface area contributed by atoms with Crippen molar-refractivity contribution in [2.75, 3.05) is 13.1 Å². The molecule has 2 aromatic rings. The van der Waals surface area contributed by atoms with Crippen LogP contribution >= 0.6 is 0 Å². The van der Waals surface area contributed by atoms with E-state index in [-0.39, 0.29) is 0 Å². The van der Waals surface area contributed by atoms with Gasteiger partial charge in [-0.25, -0.2) is 5.48 Å². The van der Waals surface area contributed by atoms with Crippen LogP contribution in [0.4, 0.5) is 0 Å². The number of hydrogen-bond acceptors (Lipinski definition) is 5. The highest BCUT2D eigenvalue weighted by Crippen LogP contribution is 2.22. The molecule has 3 rings (SSSR count). The summed E-state index contributed by atoms with van der Waals surface area (Å²) < 4.78 is 0. The lowest BCUT2D eigenvalue weighted by atomic mass is 10.0. The largest absolute Gasteiger partial charge is 0.391 e. The Kier molecular flexibility index (Phi) is 6.98. The van der Waals surface area contributed by atoms with Crippen molar-refractivity contribution >= 4 is 11.8 Å². The van der Waals surface area contributed by atoms with Crippen molar-refractivity contribution < 1.29 is 19.9 Å². The third-order valence-corrected chi connectivity index (χ3v) is 5.20. The molecule has 0 saturated carbocycles. The highest BCUT2D eigenvalue weighted by atomic mass is 16.5. The molecule has 7 heteroatoms. The molecule has 2 aromatic carbocycles. The van der Waals surface area contributed by atoms with Crippen LogP contribution in [0.25, 0.3) is 11.1 Å². The summed E-state index contributed by atoms with van der Waals surface area (Å²) in [5.41, 5.74) is 5.13. The van der Waals surface area contributed by atoms with E-state index in [4.69, 9.17) is 5.21 Å². The number of likely N-dealkylation sites (tertiary alicyclic amines) is 1. The van der Waals surface area contributed by atoms with Crippen molar-refractivity contribution in [3.8, 4) is 11.1 Å². The molecule has 1 aliphatic heterocycles. The maximum absolute atomic E-state index is 12.3. The maximum atomic E-state index is 12.3. The van der Waals surface area contributed by atoms with Gasteiger partial charge in [-0.2, -0.15) is 0 Å². The number of benzene rings is 2. The predicted octanol–water partition coefficient (Wildman–Crippen LogP) is 1.93. The Hall–Kier alpha value is -2.74. The Balaban J connectivity index is 1.64. The minimum Gasteiger partial charge on any atom is -0.391 e. The molecule has 1 aliphatic rings. The molecule has 0 radical (unpaired) electrons. The number of nitrogens with zero attached hydrogens (tertiary/aromatic N) is 1. The van der Waals surface area contributed by atoms with Crippen LogP contribution in [0.1, 0.15) is 35.7 Å². The van der Waals surface area contributed by atoms with Gasteiger partial charge in [-0.1, -0.05) is 36.4 Å². The molecule has 154 valence electrons. The molecule has 0 unspecified atom stereocenters. The van der Waals surface area contributed by atoms with E-state index in [0.717, 1.165) is 17.7 Å². The number of nitrogens with one attached hydrogen (secondary N) is 2. The first kappa shape index (κ1) is 21.0. The van der Waals surface area contributed by atoms with Crippen LogP contribution in [0.3, 0.4) is 0 Å². The van der Waals surface area contributed by atoms with Crippen LogP contribution in [0.5, 0.6) is 0 Å². The fourth-order valence-electron chi connectivity index (χ4n) is 3.51. The topological polar surface area (TPSA) is 102 Å². The van der Waals surface area contributed by atoms with Crippen molar-refractivity contribution in [3.63, 3.8) is 0 Å². The average Bonchev–Trinajstić information content (AvgIpc) is 3.25. The number of hydroxylamine groups is 1. The minimum atomic E-state index is -1.24. The summed E-state index contributed by atoms with van der Waals surface area (Å²) in [5, 5.41) is 20.8. The standard InChI is InChI=1S/C22H27N3O4/c1-15(26)20(22(28)24-29)23-21(27)19-10-8-18(9-11-19)17-6-4-16(5-7-17)14-25-12-2-3-13-25/h4-11,15,20,26,29H,2-3,12-14H2,1H3,(H,23,27)(H,24,28)/t15-,20+/m1/s1. The summed E-state index contributed by atoms with van der Waals surface area (Å²) in [6, 6.07) is 14.2. The first-order valence-corrected chi connectivity index (χ1v) is 9.82. The van der Waals surface area contributed by atoms with Crippen molar-refractivity contribution in [2.45, 2.75) is 38.5 Å². The molecule has 1 saturated heterocycles. The SMILES string of the molecule is C[C@@H](O)[C@H](NC(=O)c1ccc(-c2ccc(CN3CCCC3)cc2)cc1)C(=O)NO. The quantitative estimate of drug-likeness (QED) is 0.422. The summed E-state index contributed by atoms with van der Waals surface area (Å²) in [6.45, 7) is 4.67. The van der Waals surface area contributed by atoms with Crippen LogP contribution in [0, 0.1) is 0 Å². The van der Waals surface area contributed by atoms with Gasteiger partial charge in [0.25, 0.3) is 11.8 Å². The lowest BCUT2D eigenvalue weighted by Crippen LogP contribution is -2.51. The van der Waals surface area contributed by atoms with Gasteiger partial charge < -0.3 is 10.4 Å². The van der Waals surface area contributed by atoms with Crippen molar-refractivity contribution in [3.05, 3.63) is 59.7 Å². The van der Waals surface area contributed by atoms with E-state index in [2.05, 4.69) is 34.5 Å². The van der Waals surface area contributed by atoms with Gasteiger partial charge in [-0.3, -0.25) is 19.7 Å². The number of aliphatic hydroxyl groups is 1. The lowest BCUT2D eigenvalue weighted by Gasteiger charge is -2.19. The van der Waals surface area contributed by atoms with E-state index in [0.29, 0.717) is 5.56 Å². The monoisotopic (exact) mass is 397 g/mol. The Bertz CT molecular complexity index is 828. The molecule has 0 aliphatic carbocycles. The van der Waals surface area contributed by atoms with E-state index >= 15 is 0 Å².